The molecule has 0 radical (unpaired) electrons. The summed E-state index contributed by atoms with van der Waals surface area (Å²) in [7, 11) is 1.32. The number of ether oxygens (including phenoxy) is 1. The lowest BCUT2D eigenvalue weighted by Gasteiger charge is -2.21. The van der Waals surface area contributed by atoms with Crippen molar-refractivity contribution in [1.82, 2.24) is 9.88 Å². The standard InChI is InChI=1S/C15H18N2O3/c1-3-9-17(10-14(18)20-2)15(19)12-5-4-6-13-11(12)7-8-16-13/h4-8,16H,3,9-10H2,1-2H3. The van der Waals surface area contributed by atoms with Gasteiger partial charge in [0.15, 0.2) is 0 Å². The summed E-state index contributed by atoms with van der Waals surface area (Å²) in [5, 5.41) is 0.864. The van der Waals surface area contributed by atoms with Crippen molar-refractivity contribution in [3.05, 3.63) is 36.0 Å². The van der Waals surface area contributed by atoms with E-state index in [2.05, 4.69) is 9.72 Å². The van der Waals surface area contributed by atoms with E-state index in [-0.39, 0.29) is 12.5 Å². The summed E-state index contributed by atoms with van der Waals surface area (Å²) in [5.74, 6) is -0.560. The molecule has 1 aromatic heterocycles. The molecule has 0 bridgehead atoms. The highest BCUT2D eigenvalue weighted by atomic mass is 16.5. The number of hydrogen-bond acceptors (Lipinski definition) is 3. The Bertz CT molecular complexity index is 618. The molecule has 5 nitrogen and oxygen atoms in total. The Labute approximate surface area is 117 Å². The van der Waals surface area contributed by atoms with Gasteiger partial charge >= 0.3 is 5.97 Å². The van der Waals surface area contributed by atoms with Gasteiger partial charge in [0.25, 0.3) is 5.91 Å². The third kappa shape index (κ3) is 2.82. The number of nitrogens with zero attached hydrogens (tertiary/aromatic N) is 1. The van der Waals surface area contributed by atoms with Crippen LogP contribution in [0.3, 0.4) is 0 Å². The first-order chi connectivity index (χ1) is 9.67. The number of methoxy groups -OCH3 is 1. The smallest absolute Gasteiger partial charge is 0.325 e. The van der Waals surface area contributed by atoms with Crippen molar-refractivity contribution >= 4 is 22.8 Å². The molecule has 0 unspecified atom stereocenters. The second kappa shape index (κ2) is 6.23. The van der Waals surface area contributed by atoms with Crippen LogP contribution in [0.15, 0.2) is 30.5 Å². The second-order valence-electron chi connectivity index (χ2n) is 4.55. The summed E-state index contributed by atoms with van der Waals surface area (Å²) in [6, 6.07) is 7.38. The minimum Gasteiger partial charge on any atom is -0.468 e. The lowest BCUT2D eigenvalue weighted by molar-refractivity contribution is -0.141. The van der Waals surface area contributed by atoms with Crippen LogP contribution in [-0.4, -0.2) is 42.0 Å². The number of rotatable bonds is 5. The third-order valence-corrected chi connectivity index (χ3v) is 3.15. The molecular formula is C15H18N2O3. The molecule has 1 aromatic carbocycles. The highest BCUT2D eigenvalue weighted by Crippen LogP contribution is 2.19. The van der Waals surface area contributed by atoms with Crippen LogP contribution in [0.4, 0.5) is 0 Å². The molecule has 2 rings (SSSR count). The van der Waals surface area contributed by atoms with E-state index in [9.17, 15) is 9.59 Å². The van der Waals surface area contributed by atoms with Crippen LogP contribution in [0.25, 0.3) is 10.9 Å². The minimum absolute atomic E-state index is 0.0238. The first-order valence-corrected chi connectivity index (χ1v) is 6.59. The van der Waals surface area contributed by atoms with Gasteiger partial charge < -0.3 is 14.6 Å². The van der Waals surface area contributed by atoms with E-state index < -0.39 is 5.97 Å². The molecule has 0 aliphatic heterocycles. The topological polar surface area (TPSA) is 62.4 Å². The van der Waals surface area contributed by atoms with Crippen molar-refractivity contribution in [1.29, 1.82) is 0 Å². The number of carbonyl (C=O) groups excluding carboxylic acids is 2. The van der Waals surface area contributed by atoms with Gasteiger partial charge in [-0.05, 0) is 24.6 Å². The van der Waals surface area contributed by atoms with Crippen molar-refractivity contribution in [2.45, 2.75) is 13.3 Å². The maximum absolute atomic E-state index is 12.6. The predicted octanol–water partition coefficient (Wildman–Crippen LogP) is 2.19. The van der Waals surface area contributed by atoms with E-state index >= 15 is 0 Å². The summed E-state index contributed by atoms with van der Waals surface area (Å²) in [6.07, 6.45) is 2.58. The minimum atomic E-state index is -0.409. The predicted molar refractivity (Wildman–Crippen MR) is 76.5 cm³/mol. The molecule has 0 spiro atoms. The van der Waals surface area contributed by atoms with Crippen molar-refractivity contribution < 1.29 is 14.3 Å². The molecule has 1 N–H and O–H groups in total. The largest absolute Gasteiger partial charge is 0.468 e. The maximum Gasteiger partial charge on any atom is 0.325 e. The Balaban J connectivity index is 2.31. The Morgan fingerprint density at radius 3 is 2.80 bits per heavy atom. The lowest BCUT2D eigenvalue weighted by Crippen LogP contribution is -2.36. The molecule has 0 aliphatic rings. The van der Waals surface area contributed by atoms with Gasteiger partial charge in [-0.2, -0.15) is 0 Å². The Kier molecular flexibility index (Phi) is 4.40. The van der Waals surface area contributed by atoms with Crippen molar-refractivity contribution in [3.8, 4) is 0 Å². The van der Waals surface area contributed by atoms with Gasteiger partial charge in [-0.1, -0.05) is 13.0 Å². The van der Waals surface area contributed by atoms with Crippen molar-refractivity contribution in [3.63, 3.8) is 0 Å². The molecule has 5 heteroatoms. The maximum atomic E-state index is 12.6. The summed E-state index contributed by atoms with van der Waals surface area (Å²) < 4.78 is 4.65. The molecule has 0 saturated heterocycles. The fourth-order valence-corrected chi connectivity index (χ4v) is 2.18. The molecule has 0 saturated carbocycles. The van der Waals surface area contributed by atoms with Crippen LogP contribution in [0.5, 0.6) is 0 Å². The van der Waals surface area contributed by atoms with Gasteiger partial charge in [0.1, 0.15) is 6.54 Å². The molecule has 1 heterocycles. The van der Waals surface area contributed by atoms with E-state index in [1.165, 1.54) is 12.0 Å². The van der Waals surface area contributed by atoms with Crippen molar-refractivity contribution in [2.75, 3.05) is 20.2 Å². The van der Waals surface area contributed by atoms with Gasteiger partial charge in [-0.15, -0.1) is 0 Å². The fraction of sp³-hybridized carbons (Fsp3) is 0.333. The number of aromatic nitrogens is 1. The highest BCUT2D eigenvalue weighted by molar-refractivity contribution is 6.07. The number of hydrogen-bond donors (Lipinski definition) is 1. The molecule has 20 heavy (non-hydrogen) atoms. The number of H-pyrrole nitrogens is 1. The fourth-order valence-electron chi connectivity index (χ4n) is 2.18. The number of amides is 1. The van der Waals surface area contributed by atoms with Gasteiger partial charge in [-0.3, -0.25) is 9.59 Å². The second-order valence-corrected chi connectivity index (χ2v) is 4.55. The highest BCUT2D eigenvalue weighted by Gasteiger charge is 2.20. The Morgan fingerprint density at radius 1 is 1.30 bits per heavy atom. The van der Waals surface area contributed by atoms with E-state index in [4.69, 9.17) is 0 Å². The summed E-state index contributed by atoms with van der Waals surface area (Å²) >= 11 is 0. The molecular weight excluding hydrogens is 256 g/mol. The summed E-state index contributed by atoms with van der Waals surface area (Å²) in [5.41, 5.74) is 1.51. The molecule has 0 fully saturated rings. The van der Waals surface area contributed by atoms with Gasteiger partial charge in [0.2, 0.25) is 0 Å². The number of fused-ring (bicyclic) bond motifs is 1. The number of carbonyl (C=O) groups is 2. The third-order valence-electron chi connectivity index (χ3n) is 3.15. The number of benzene rings is 1. The average Bonchev–Trinajstić information content (AvgIpc) is 2.94. The quantitative estimate of drug-likeness (QED) is 0.850. The van der Waals surface area contributed by atoms with E-state index in [0.717, 1.165) is 17.3 Å². The van der Waals surface area contributed by atoms with E-state index in [1.54, 1.807) is 12.3 Å². The van der Waals surface area contributed by atoms with Gasteiger partial charge in [-0.25, -0.2) is 0 Å². The lowest BCUT2D eigenvalue weighted by atomic mass is 10.1. The number of aromatic amines is 1. The van der Waals surface area contributed by atoms with Crippen LogP contribution >= 0.6 is 0 Å². The molecule has 1 amide bonds. The molecule has 106 valence electrons. The first-order valence-electron chi connectivity index (χ1n) is 6.59. The van der Waals surface area contributed by atoms with E-state index in [1.807, 2.05) is 25.1 Å². The van der Waals surface area contributed by atoms with Gasteiger partial charge in [0.05, 0.1) is 7.11 Å². The van der Waals surface area contributed by atoms with Crippen molar-refractivity contribution in [2.24, 2.45) is 0 Å². The normalized spacial score (nSPS) is 10.5. The first kappa shape index (κ1) is 14.1. The monoisotopic (exact) mass is 274 g/mol. The summed E-state index contributed by atoms with van der Waals surface area (Å²) in [6.45, 7) is 2.47. The number of nitrogens with one attached hydrogen (secondary N) is 1. The van der Waals surface area contributed by atoms with Gasteiger partial charge in [0, 0.05) is 29.2 Å². The van der Waals surface area contributed by atoms with Crippen LogP contribution in [-0.2, 0) is 9.53 Å². The zero-order chi connectivity index (χ0) is 14.5. The Hall–Kier alpha value is -2.30. The average molecular weight is 274 g/mol. The number of esters is 1. The molecule has 0 aliphatic carbocycles. The van der Waals surface area contributed by atoms with E-state index in [0.29, 0.717) is 12.1 Å². The zero-order valence-corrected chi connectivity index (χ0v) is 11.7. The SMILES string of the molecule is CCCN(CC(=O)OC)C(=O)c1cccc2[nH]ccc12. The molecule has 2 aromatic rings. The summed E-state index contributed by atoms with van der Waals surface area (Å²) in [4.78, 5) is 28.6. The van der Waals surface area contributed by atoms with Crippen LogP contribution in [0.1, 0.15) is 23.7 Å². The molecule has 0 atom stereocenters. The Morgan fingerprint density at radius 2 is 2.10 bits per heavy atom. The zero-order valence-electron chi connectivity index (χ0n) is 11.7. The van der Waals surface area contributed by atoms with Crippen LogP contribution in [0.2, 0.25) is 0 Å². The van der Waals surface area contributed by atoms with Crippen LogP contribution < -0.4 is 0 Å². The van der Waals surface area contributed by atoms with Crippen LogP contribution in [0, 0.1) is 0 Å².